The molecule has 2 nitrogen and oxygen atoms in total. The lowest BCUT2D eigenvalue weighted by molar-refractivity contribution is 0.411. The second-order valence-electron chi connectivity index (χ2n) is 5.22. The molecule has 0 aromatic heterocycles. The molecular formula is C17H19ClFNO. The van der Waals surface area contributed by atoms with Crippen LogP contribution in [0.1, 0.15) is 28.3 Å². The van der Waals surface area contributed by atoms with Gasteiger partial charge in [0.1, 0.15) is 11.6 Å². The van der Waals surface area contributed by atoms with E-state index in [9.17, 15) is 4.39 Å². The first-order valence-corrected chi connectivity index (χ1v) is 7.14. The van der Waals surface area contributed by atoms with Gasteiger partial charge in [-0.3, -0.25) is 0 Å². The van der Waals surface area contributed by atoms with Crippen LogP contribution in [0.2, 0.25) is 5.02 Å². The number of nitrogens with two attached hydrogens (primary N) is 1. The Bertz CT molecular complexity index is 657. The third-order valence-corrected chi connectivity index (χ3v) is 3.99. The van der Waals surface area contributed by atoms with E-state index < -0.39 is 0 Å². The Morgan fingerprint density at radius 2 is 1.90 bits per heavy atom. The summed E-state index contributed by atoms with van der Waals surface area (Å²) in [4.78, 5) is 0. The van der Waals surface area contributed by atoms with Gasteiger partial charge in [0.15, 0.2) is 0 Å². The average Bonchev–Trinajstić information content (AvgIpc) is 2.43. The molecule has 0 fully saturated rings. The Kier molecular flexibility index (Phi) is 4.86. The lowest BCUT2D eigenvalue weighted by Crippen LogP contribution is -2.15. The number of hydrogen-bond acceptors (Lipinski definition) is 2. The van der Waals surface area contributed by atoms with E-state index in [1.165, 1.54) is 12.1 Å². The largest absolute Gasteiger partial charge is 0.496 e. The van der Waals surface area contributed by atoms with Gasteiger partial charge >= 0.3 is 0 Å². The van der Waals surface area contributed by atoms with Gasteiger partial charge in [-0.05, 0) is 60.7 Å². The zero-order valence-corrected chi connectivity index (χ0v) is 13.2. The van der Waals surface area contributed by atoms with Crippen LogP contribution in [-0.2, 0) is 6.42 Å². The normalized spacial score (nSPS) is 12.3. The Morgan fingerprint density at radius 3 is 2.52 bits per heavy atom. The van der Waals surface area contributed by atoms with E-state index >= 15 is 0 Å². The molecule has 2 rings (SSSR count). The fourth-order valence-corrected chi connectivity index (χ4v) is 2.71. The van der Waals surface area contributed by atoms with Gasteiger partial charge in [0.05, 0.1) is 7.11 Å². The number of hydrogen-bond donors (Lipinski definition) is 1. The zero-order valence-electron chi connectivity index (χ0n) is 12.4. The van der Waals surface area contributed by atoms with Crippen molar-refractivity contribution in [3.8, 4) is 5.75 Å². The van der Waals surface area contributed by atoms with Crippen LogP contribution >= 0.6 is 11.6 Å². The summed E-state index contributed by atoms with van der Waals surface area (Å²) in [7, 11) is 1.65. The van der Waals surface area contributed by atoms with Crippen molar-refractivity contribution in [2.24, 2.45) is 5.73 Å². The smallest absolute Gasteiger partial charge is 0.124 e. The van der Waals surface area contributed by atoms with Crippen LogP contribution in [0.4, 0.5) is 4.39 Å². The molecule has 2 aromatic rings. The predicted octanol–water partition coefficient (Wildman–Crippen LogP) is 4.35. The van der Waals surface area contributed by atoms with Crippen molar-refractivity contribution in [3.05, 3.63) is 63.4 Å². The van der Waals surface area contributed by atoms with Gasteiger partial charge in [0, 0.05) is 11.1 Å². The lowest BCUT2D eigenvalue weighted by Gasteiger charge is -2.18. The second-order valence-corrected chi connectivity index (χ2v) is 5.63. The van der Waals surface area contributed by atoms with Gasteiger partial charge in [-0.2, -0.15) is 0 Å². The number of halogens is 2. The molecule has 4 heteroatoms. The van der Waals surface area contributed by atoms with E-state index in [-0.39, 0.29) is 11.9 Å². The molecule has 2 aromatic carbocycles. The summed E-state index contributed by atoms with van der Waals surface area (Å²) in [5.41, 5.74) is 10.3. The Hall–Kier alpha value is -1.58. The quantitative estimate of drug-likeness (QED) is 0.911. The minimum absolute atomic E-state index is 0.197. The highest BCUT2D eigenvalue weighted by molar-refractivity contribution is 6.31. The van der Waals surface area contributed by atoms with Gasteiger partial charge in [-0.1, -0.05) is 23.7 Å². The fraction of sp³-hybridized carbons (Fsp3) is 0.294. The molecule has 112 valence electrons. The van der Waals surface area contributed by atoms with Crippen LogP contribution in [0, 0.1) is 19.7 Å². The maximum absolute atomic E-state index is 13.1. The first-order valence-electron chi connectivity index (χ1n) is 6.77. The van der Waals surface area contributed by atoms with E-state index in [0.29, 0.717) is 11.4 Å². The number of aryl methyl sites for hydroxylation is 2. The maximum atomic E-state index is 13.1. The number of rotatable bonds is 4. The first kappa shape index (κ1) is 15.8. The summed E-state index contributed by atoms with van der Waals surface area (Å²) in [6.45, 7) is 3.99. The van der Waals surface area contributed by atoms with Gasteiger partial charge in [0.25, 0.3) is 0 Å². The highest BCUT2D eigenvalue weighted by Crippen LogP contribution is 2.29. The van der Waals surface area contributed by atoms with Crippen LogP contribution in [-0.4, -0.2) is 7.11 Å². The van der Waals surface area contributed by atoms with Gasteiger partial charge < -0.3 is 10.5 Å². The van der Waals surface area contributed by atoms with E-state index in [4.69, 9.17) is 22.1 Å². The van der Waals surface area contributed by atoms with Crippen LogP contribution in [0.3, 0.4) is 0 Å². The molecule has 0 saturated carbocycles. The highest BCUT2D eigenvalue weighted by atomic mass is 35.5. The predicted molar refractivity (Wildman–Crippen MR) is 84.5 cm³/mol. The van der Waals surface area contributed by atoms with Crippen LogP contribution in [0.15, 0.2) is 30.3 Å². The van der Waals surface area contributed by atoms with Crippen molar-refractivity contribution in [2.45, 2.75) is 26.3 Å². The molecule has 0 saturated heterocycles. The standard InChI is InChI=1S/C17H19ClFNO/c1-10-7-17(21-3)11(2)6-14(10)16(20)8-12-4-5-13(19)9-15(12)18/h4-7,9,16H,8,20H2,1-3H3. The van der Waals surface area contributed by atoms with E-state index in [0.717, 1.165) is 28.0 Å². The van der Waals surface area contributed by atoms with E-state index in [1.807, 2.05) is 26.0 Å². The van der Waals surface area contributed by atoms with Crippen LogP contribution in [0.5, 0.6) is 5.75 Å². The Balaban J connectivity index is 2.28. The Labute approximate surface area is 129 Å². The highest BCUT2D eigenvalue weighted by Gasteiger charge is 2.14. The van der Waals surface area contributed by atoms with Crippen molar-refractivity contribution < 1.29 is 9.13 Å². The second kappa shape index (κ2) is 6.46. The number of ether oxygens (including phenoxy) is 1. The van der Waals surface area contributed by atoms with Crippen molar-refractivity contribution in [1.29, 1.82) is 0 Å². The molecule has 1 unspecified atom stereocenters. The number of benzene rings is 2. The summed E-state index contributed by atoms with van der Waals surface area (Å²) in [5, 5.41) is 0.410. The van der Waals surface area contributed by atoms with Crippen LogP contribution < -0.4 is 10.5 Å². The summed E-state index contributed by atoms with van der Waals surface area (Å²) in [6, 6.07) is 8.23. The van der Waals surface area contributed by atoms with Crippen molar-refractivity contribution >= 4 is 11.6 Å². The molecule has 0 bridgehead atoms. The monoisotopic (exact) mass is 307 g/mol. The maximum Gasteiger partial charge on any atom is 0.124 e. The molecule has 21 heavy (non-hydrogen) atoms. The summed E-state index contributed by atoms with van der Waals surface area (Å²) >= 11 is 6.06. The fourth-order valence-electron chi connectivity index (χ4n) is 2.47. The summed E-state index contributed by atoms with van der Waals surface area (Å²) in [6.07, 6.45) is 0.561. The first-order chi connectivity index (χ1) is 9.92. The minimum atomic E-state index is -0.339. The molecule has 2 N–H and O–H groups in total. The van der Waals surface area contributed by atoms with E-state index in [2.05, 4.69) is 0 Å². The average molecular weight is 308 g/mol. The van der Waals surface area contributed by atoms with Crippen molar-refractivity contribution in [3.63, 3.8) is 0 Å². The molecule has 0 spiro atoms. The van der Waals surface area contributed by atoms with Gasteiger partial charge in [0.2, 0.25) is 0 Å². The third kappa shape index (κ3) is 3.55. The SMILES string of the molecule is COc1cc(C)c(C(N)Cc2ccc(F)cc2Cl)cc1C. The van der Waals surface area contributed by atoms with Crippen molar-refractivity contribution in [1.82, 2.24) is 0 Å². The van der Waals surface area contributed by atoms with Gasteiger partial charge in [-0.25, -0.2) is 4.39 Å². The molecule has 0 aliphatic carbocycles. The molecule has 0 heterocycles. The Morgan fingerprint density at radius 1 is 1.19 bits per heavy atom. The molecule has 0 amide bonds. The molecule has 0 aliphatic rings. The topological polar surface area (TPSA) is 35.2 Å². The third-order valence-electron chi connectivity index (χ3n) is 3.64. The summed E-state index contributed by atoms with van der Waals surface area (Å²) in [5.74, 6) is 0.511. The summed E-state index contributed by atoms with van der Waals surface area (Å²) < 4.78 is 18.4. The lowest BCUT2D eigenvalue weighted by atomic mass is 9.94. The molecule has 0 radical (unpaired) electrons. The van der Waals surface area contributed by atoms with Crippen molar-refractivity contribution in [2.75, 3.05) is 7.11 Å². The van der Waals surface area contributed by atoms with Crippen LogP contribution in [0.25, 0.3) is 0 Å². The molecule has 1 atom stereocenters. The molecular weight excluding hydrogens is 289 g/mol. The number of methoxy groups -OCH3 is 1. The minimum Gasteiger partial charge on any atom is -0.496 e. The van der Waals surface area contributed by atoms with E-state index in [1.54, 1.807) is 13.2 Å². The van der Waals surface area contributed by atoms with Gasteiger partial charge in [-0.15, -0.1) is 0 Å². The molecule has 0 aliphatic heterocycles. The zero-order chi connectivity index (χ0) is 15.6.